The van der Waals surface area contributed by atoms with E-state index < -0.39 is 0 Å². The molecule has 0 saturated carbocycles. The SMILES string of the molecule is C=CCn1c(=O)c2ccccc2n2c(S[C@@H](C)C(C)=O)nnc12. The molecular formula is C16H16N4O2S. The van der Waals surface area contributed by atoms with E-state index in [0.29, 0.717) is 22.9 Å². The molecule has 0 aliphatic rings. The third kappa shape index (κ3) is 2.57. The second-order valence-electron chi connectivity index (χ2n) is 5.21. The first-order chi connectivity index (χ1) is 11.0. The Morgan fingerprint density at radius 2 is 2.13 bits per heavy atom. The van der Waals surface area contributed by atoms with Gasteiger partial charge in [0.05, 0.1) is 16.2 Å². The van der Waals surface area contributed by atoms with Crippen LogP contribution >= 0.6 is 11.8 Å². The van der Waals surface area contributed by atoms with Gasteiger partial charge in [-0.05, 0) is 26.0 Å². The fourth-order valence-electron chi connectivity index (χ4n) is 2.34. The number of ketones is 1. The second-order valence-corrected chi connectivity index (χ2v) is 6.52. The van der Waals surface area contributed by atoms with Crippen LogP contribution < -0.4 is 5.56 Å². The van der Waals surface area contributed by atoms with Crippen molar-refractivity contribution in [2.24, 2.45) is 0 Å². The number of allylic oxidation sites excluding steroid dienone is 1. The summed E-state index contributed by atoms with van der Waals surface area (Å²) in [5, 5.41) is 9.28. The summed E-state index contributed by atoms with van der Waals surface area (Å²) in [6.45, 7) is 7.42. The molecule has 6 nitrogen and oxygen atoms in total. The average molecular weight is 328 g/mol. The Hall–Kier alpha value is -2.41. The minimum Gasteiger partial charge on any atom is -0.299 e. The van der Waals surface area contributed by atoms with Gasteiger partial charge in [-0.15, -0.1) is 16.8 Å². The van der Waals surface area contributed by atoms with Gasteiger partial charge in [0, 0.05) is 6.54 Å². The van der Waals surface area contributed by atoms with Crippen molar-refractivity contribution < 1.29 is 4.79 Å². The molecule has 3 rings (SSSR count). The number of fused-ring (bicyclic) bond motifs is 3. The van der Waals surface area contributed by atoms with Gasteiger partial charge in [0.15, 0.2) is 5.16 Å². The largest absolute Gasteiger partial charge is 0.299 e. The van der Waals surface area contributed by atoms with Crippen molar-refractivity contribution in [2.75, 3.05) is 0 Å². The van der Waals surface area contributed by atoms with E-state index >= 15 is 0 Å². The Morgan fingerprint density at radius 1 is 1.39 bits per heavy atom. The van der Waals surface area contributed by atoms with E-state index in [4.69, 9.17) is 0 Å². The van der Waals surface area contributed by atoms with Crippen LogP contribution in [-0.4, -0.2) is 30.2 Å². The quantitative estimate of drug-likeness (QED) is 0.531. The van der Waals surface area contributed by atoms with Crippen molar-refractivity contribution >= 4 is 34.2 Å². The number of hydrogen-bond acceptors (Lipinski definition) is 5. The lowest BCUT2D eigenvalue weighted by Crippen LogP contribution is -2.23. The van der Waals surface area contributed by atoms with Crippen LogP contribution in [0, 0.1) is 0 Å². The minimum absolute atomic E-state index is 0.0652. The molecule has 0 aliphatic heterocycles. The fourth-order valence-corrected chi connectivity index (χ4v) is 3.20. The topological polar surface area (TPSA) is 69.3 Å². The normalized spacial score (nSPS) is 12.6. The molecule has 0 radical (unpaired) electrons. The molecule has 0 amide bonds. The van der Waals surface area contributed by atoms with Gasteiger partial charge in [0.2, 0.25) is 5.78 Å². The molecule has 0 unspecified atom stereocenters. The number of aromatic nitrogens is 4. The Balaban J connectivity index is 2.35. The van der Waals surface area contributed by atoms with E-state index in [1.165, 1.54) is 16.3 Å². The molecule has 0 fully saturated rings. The van der Waals surface area contributed by atoms with Gasteiger partial charge >= 0.3 is 0 Å². The molecule has 118 valence electrons. The smallest absolute Gasteiger partial charge is 0.263 e. The molecule has 0 bridgehead atoms. The maximum absolute atomic E-state index is 12.6. The molecule has 0 saturated heterocycles. The van der Waals surface area contributed by atoms with Gasteiger partial charge in [-0.1, -0.05) is 30.0 Å². The molecule has 3 aromatic rings. The number of rotatable bonds is 5. The van der Waals surface area contributed by atoms with Gasteiger partial charge in [-0.2, -0.15) is 0 Å². The highest BCUT2D eigenvalue weighted by Gasteiger charge is 2.19. The van der Waals surface area contributed by atoms with Gasteiger partial charge in [0.1, 0.15) is 5.78 Å². The monoisotopic (exact) mass is 328 g/mol. The van der Waals surface area contributed by atoms with Gasteiger partial charge in [0.25, 0.3) is 5.56 Å². The zero-order chi connectivity index (χ0) is 16.6. The first-order valence-corrected chi connectivity index (χ1v) is 8.07. The summed E-state index contributed by atoms with van der Waals surface area (Å²) < 4.78 is 3.36. The lowest BCUT2D eigenvalue weighted by molar-refractivity contribution is -0.116. The summed E-state index contributed by atoms with van der Waals surface area (Å²) in [6.07, 6.45) is 1.65. The molecule has 2 aromatic heterocycles. The lowest BCUT2D eigenvalue weighted by Gasteiger charge is -2.10. The van der Waals surface area contributed by atoms with Crippen molar-refractivity contribution in [1.29, 1.82) is 0 Å². The van der Waals surface area contributed by atoms with Crippen molar-refractivity contribution in [3.8, 4) is 0 Å². The van der Waals surface area contributed by atoms with Crippen LogP contribution in [0.2, 0.25) is 0 Å². The van der Waals surface area contributed by atoms with Crippen LogP contribution in [0.3, 0.4) is 0 Å². The van der Waals surface area contributed by atoms with Crippen molar-refractivity contribution in [3.05, 3.63) is 47.3 Å². The van der Waals surface area contributed by atoms with Gasteiger partial charge < -0.3 is 0 Å². The molecule has 23 heavy (non-hydrogen) atoms. The van der Waals surface area contributed by atoms with Crippen LogP contribution in [0.15, 0.2) is 46.9 Å². The molecule has 0 N–H and O–H groups in total. The zero-order valence-corrected chi connectivity index (χ0v) is 13.7. The summed E-state index contributed by atoms with van der Waals surface area (Å²) >= 11 is 1.33. The molecule has 1 aromatic carbocycles. The van der Waals surface area contributed by atoms with Crippen molar-refractivity contribution in [2.45, 2.75) is 30.8 Å². The second kappa shape index (κ2) is 6.00. The van der Waals surface area contributed by atoms with Crippen molar-refractivity contribution in [3.63, 3.8) is 0 Å². The summed E-state index contributed by atoms with van der Waals surface area (Å²) in [4.78, 5) is 24.2. The summed E-state index contributed by atoms with van der Waals surface area (Å²) in [7, 11) is 0. The van der Waals surface area contributed by atoms with E-state index in [1.54, 1.807) is 19.1 Å². The first kappa shape index (κ1) is 15.5. The number of para-hydroxylation sites is 1. The van der Waals surface area contributed by atoms with Crippen LogP contribution in [0.25, 0.3) is 16.7 Å². The zero-order valence-electron chi connectivity index (χ0n) is 12.9. The average Bonchev–Trinajstić information content (AvgIpc) is 2.95. The Morgan fingerprint density at radius 3 is 2.83 bits per heavy atom. The Kier molecular flexibility index (Phi) is 4.04. The van der Waals surface area contributed by atoms with E-state index in [9.17, 15) is 9.59 Å². The number of hydrogen-bond donors (Lipinski definition) is 0. The van der Waals surface area contributed by atoms with Gasteiger partial charge in [-0.25, -0.2) is 0 Å². The third-order valence-corrected chi connectivity index (χ3v) is 4.81. The third-order valence-electron chi connectivity index (χ3n) is 3.64. The first-order valence-electron chi connectivity index (χ1n) is 7.19. The maximum atomic E-state index is 12.6. The highest BCUT2D eigenvalue weighted by atomic mass is 32.2. The number of thioether (sulfide) groups is 1. The highest BCUT2D eigenvalue weighted by molar-refractivity contribution is 8.00. The summed E-state index contributed by atoms with van der Waals surface area (Å²) in [5.41, 5.74) is 0.604. The number of carbonyl (C=O) groups excluding carboxylic acids is 1. The number of benzene rings is 1. The standard InChI is InChI=1S/C16H16N4O2S/c1-4-9-19-14(22)12-7-5-6-8-13(12)20-15(19)17-18-16(20)23-11(3)10(2)21/h4-8,11H,1,9H2,2-3H3/t11-/m0/s1. The number of Topliss-reactive ketones (excluding diaryl/α,β-unsaturated/α-hetero) is 1. The molecule has 7 heteroatoms. The van der Waals surface area contributed by atoms with Crippen LogP contribution in [0.5, 0.6) is 0 Å². The van der Waals surface area contributed by atoms with Crippen LogP contribution in [0.1, 0.15) is 13.8 Å². The van der Waals surface area contributed by atoms with Gasteiger partial charge in [-0.3, -0.25) is 18.6 Å². The van der Waals surface area contributed by atoms with E-state index in [2.05, 4.69) is 16.8 Å². The Bertz CT molecular complexity index is 973. The van der Waals surface area contributed by atoms with Crippen molar-refractivity contribution in [1.82, 2.24) is 19.2 Å². The maximum Gasteiger partial charge on any atom is 0.263 e. The molecule has 2 heterocycles. The predicted octanol–water partition coefficient (Wildman–Crippen LogP) is 2.30. The van der Waals surface area contributed by atoms with Crippen LogP contribution in [-0.2, 0) is 11.3 Å². The molecule has 1 atom stereocenters. The van der Waals surface area contributed by atoms with E-state index in [0.717, 1.165) is 5.52 Å². The lowest BCUT2D eigenvalue weighted by atomic mass is 10.2. The fraction of sp³-hybridized carbons (Fsp3) is 0.250. The molecular weight excluding hydrogens is 312 g/mol. The highest BCUT2D eigenvalue weighted by Crippen LogP contribution is 2.25. The molecule has 0 spiro atoms. The number of carbonyl (C=O) groups is 1. The minimum atomic E-state index is -0.235. The van der Waals surface area contributed by atoms with E-state index in [-0.39, 0.29) is 16.6 Å². The molecule has 0 aliphatic carbocycles. The van der Waals surface area contributed by atoms with E-state index in [1.807, 2.05) is 29.5 Å². The summed E-state index contributed by atoms with van der Waals surface area (Å²) in [5.74, 6) is 0.516. The summed E-state index contributed by atoms with van der Waals surface area (Å²) in [6, 6.07) is 7.32. The predicted molar refractivity (Wildman–Crippen MR) is 91.0 cm³/mol. The number of nitrogens with zero attached hydrogens (tertiary/aromatic N) is 4. The van der Waals surface area contributed by atoms with Crippen LogP contribution in [0.4, 0.5) is 0 Å². The Labute approximate surface area is 136 Å².